The summed E-state index contributed by atoms with van der Waals surface area (Å²) in [5, 5.41) is 1.39. The topological polar surface area (TPSA) is 25.8 Å². The van der Waals surface area contributed by atoms with E-state index in [2.05, 4.69) is 27.0 Å². The van der Waals surface area contributed by atoms with E-state index in [9.17, 15) is 0 Å². The first-order chi connectivity index (χ1) is 10.2. The molecule has 106 valence electrons. The molecule has 3 heterocycles. The second kappa shape index (κ2) is 5.54. The van der Waals surface area contributed by atoms with Gasteiger partial charge in [0.1, 0.15) is 5.15 Å². The van der Waals surface area contributed by atoms with E-state index in [1.54, 1.807) is 11.3 Å². The highest BCUT2D eigenvalue weighted by Crippen LogP contribution is 2.37. The molecule has 2 aromatic heterocycles. The fourth-order valence-electron chi connectivity index (χ4n) is 2.45. The summed E-state index contributed by atoms with van der Waals surface area (Å²) >= 11 is 13.7. The first kappa shape index (κ1) is 14.0. The highest BCUT2D eigenvalue weighted by molar-refractivity contribution is 9.10. The number of fused-ring (bicyclic) bond motifs is 2. The number of rotatable bonds is 1. The second-order valence-electron chi connectivity index (χ2n) is 4.84. The lowest BCUT2D eigenvalue weighted by atomic mass is 10.2. The molecule has 6 heteroatoms. The number of hydrogen-bond acceptors (Lipinski definition) is 4. The van der Waals surface area contributed by atoms with E-state index >= 15 is 0 Å². The number of halogens is 2. The Labute approximate surface area is 144 Å². The number of thioether (sulfide) groups is 1. The highest BCUT2D eigenvalue weighted by atomic mass is 79.9. The maximum atomic E-state index is 6.34. The molecule has 1 aliphatic heterocycles. The van der Waals surface area contributed by atoms with E-state index in [0.717, 1.165) is 38.3 Å². The Bertz CT molecular complexity index is 824. The lowest BCUT2D eigenvalue weighted by Gasteiger charge is -2.08. The Morgan fingerprint density at radius 1 is 1.24 bits per heavy atom. The van der Waals surface area contributed by atoms with Crippen LogP contribution in [-0.4, -0.2) is 15.7 Å². The van der Waals surface area contributed by atoms with Gasteiger partial charge in [0.2, 0.25) is 0 Å². The third kappa shape index (κ3) is 2.50. The van der Waals surface area contributed by atoms with Gasteiger partial charge in [0.05, 0.1) is 10.4 Å². The Morgan fingerprint density at radius 3 is 3.00 bits per heavy atom. The van der Waals surface area contributed by atoms with Crippen molar-refractivity contribution in [2.45, 2.75) is 12.2 Å². The molecule has 0 unspecified atom stereocenters. The maximum Gasteiger partial charge on any atom is 0.171 e. The summed E-state index contributed by atoms with van der Waals surface area (Å²) in [4.78, 5) is 11.8. The molecule has 0 amide bonds. The Hall–Kier alpha value is -0.620. The lowest BCUT2D eigenvalue weighted by Crippen LogP contribution is -1.96. The summed E-state index contributed by atoms with van der Waals surface area (Å²) in [6.07, 6.45) is 1.15. The first-order valence-corrected chi connectivity index (χ1v) is 9.68. The Kier molecular flexibility index (Phi) is 3.69. The van der Waals surface area contributed by atoms with E-state index in [4.69, 9.17) is 16.6 Å². The standard InChI is InChI=1S/C15H10BrClN2S2/c16-10-3-1-2-9-13(10)18-15(19-14(9)17)12-6-8-7-20-5-4-11(8)21-12/h1-3,6H,4-5,7H2. The van der Waals surface area contributed by atoms with E-state index < -0.39 is 0 Å². The summed E-state index contributed by atoms with van der Waals surface area (Å²) in [5.41, 5.74) is 2.30. The fraction of sp³-hybridized carbons (Fsp3) is 0.200. The minimum absolute atomic E-state index is 0.511. The van der Waals surface area contributed by atoms with Crippen LogP contribution in [0.1, 0.15) is 10.4 Å². The molecule has 21 heavy (non-hydrogen) atoms. The van der Waals surface area contributed by atoms with Crippen molar-refractivity contribution in [2.75, 3.05) is 5.75 Å². The molecule has 2 nitrogen and oxygen atoms in total. The number of aryl methyl sites for hydroxylation is 1. The molecule has 0 fully saturated rings. The number of aromatic nitrogens is 2. The van der Waals surface area contributed by atoms with Crippen LogP contribution in [0.3, 0.4) is 0 Å². The summed E-state index contributed by atoms with van der Waals surface area (Å²) in [6, 6.07) is 8.09. The molecule has 1 aromatic carbocycles. The molecule has 0 saturated carbocycles. The van der Waals surface area contributed by atoms with Crippen molar-refractivity contribution in [3.05, 3.63) is 44.3 Å². The van der Waals surface area contributed by atoms with Gasteiger partial charge in [-0.3, -0.25) is 0 Å². The van der Waals surface area contributed by atoms with Crippen LogP contribution in [0, 0.1) is 0 Å². The van der Waals surface area contributed by atoms with Crippen LogP contribution in [-0.2, 0) is 12.2 Å². The van der Waals surface area contributed by atoms with Crippen LogP contribution >= 0.6 is 50.6 Å². The zero-order valence-corrected chi connectivity index (χ0v) is 14.9. The van der Waals surface area contributed by atoms with Crippen molar-refractivity contribution in [1.82, 2.24) is 9.97 Å². The smallest absolute Gasteiger partial charge is 0.171 e. The van der Waals surface area contributed by atoms with Gasteiger partial charge in [0.15, 0.2) is 5.82 Å². The van der Waals surface area contributed by atoms with Crippen molar-refractivity contribution in [2.24, 2.45) is 0 Å². The number of thiophene rings is 1. The second-order valence-corrected chi connectivity index (χ2v) is 8.29. The molecule has 0 N–H and O–H groups in total. The van der Waals surface area contributed by atoms with E-state index in [0.29, 0.717) is 5.15 Å². The van der Waals surface area contributed by atoms with Gasteiger partial charge in [-0.2, -0.15) is 11.8 Å². The number of benzene rings is 1. The summed E-state index contributed by atoms with van der Waals surface area (Å²) in [5.74, 6) is 3.03. The van der Waals surface area contributed by atoms with Crippen LogP contribution in [0.4, 0.5) is 0 Å². The Morgan fingerprint density at radius 2 is 2.14 bits per heavy atom. The Balaban J connectivity index is 1.90. The average Bonchev–Trinajstić information content (AvgIpc) is 2.92. The summed E-state index contributed by atoms with van der Waals surface area (Å²) in [6.45, 7) is 0. The van der Waals surface area contributed by atoms with Gasteiger partial charge in [0.25, 0.3) is 0 Å². The van der Waals surface area contributed by atoms with E-state index in [-0.39, 0.29) is 0 Å². The van der Waals surface area contributed by atoms with Crippen LogP contribution < -0.4 is 0 Å². The van der Waals surface area contributed by atoms with Crippen molar-refractivity contribution in [3.63, 3.8) is 0 Å². The third-order valence-corrected chi connectivity index (χ3v) is 6.65. The maximum absolute atomic E-state index is 6.34. The van der Waals surface area contributed by atoms with Gasteiger partial charge >= 0.3 is 0 Å². The minimum Gasteiger partial charge on any atom is -0.226 e. The molecular formula is C15H10BrClN2S2. The van der Waals surface area contributed by atoms with Crippen molar-refractivity contribution < 1.29 is 0 Å². The van der Waals surface area contributed by atoms with E-state index in [1.807, 2.05) is 30.0 Å². The van der Waals surface area contributed by atoms with Crippen LogP contribution in [0.25, 0.3) is 21.6 Å². The normalized spacial score (nSPS) is 14.4. The number of para-hydroxylation sites is 1. The first-order valence-electron chi connectivity index (χ1n) is 6.54. The molecule has 0 spiro atoms. The monoisotopic (exact) mass is 396 g/mol. The van der Waals surface area contributed by atoms with Gasteiger partial charge < -0.3 is 0 Å². The molecule has 0 saturated heterocycles. The van der Waals surface area contributed by atoms with Gasteiger partial charge in [0, 0.05) is 20.5 Å². The number of nitrogens with zero attached hydrogens (tertiary/aromatic N) is 2. The average molecular weight is 398 g/mol. The van der Waals surface area contributed by atoms with Gasteiger partial charge in [-0.05, 0) is 51.9 Å². The predicted octanol–water partition coefficient (Wildman–Crippen LogP) is 5.56. The van der Waals surface area contributed by atoms with Crippen molar-refractivity contribution in [3.8, 4) is 10.7 Å². The molecule has 1 aliphatic rings. The summed E-state index contributed by atoms with van der Waals surface area (Å²) in [7, 11) is 0. The van der Waals surface area contributed by atoms with Crippen LogP contribution in [0.5, 0.6) is 0 Å². The quantitative estimate of drug-likeness (QED) is 0.502. The molecule has 0 atom stereocenters. The SMILES string of the molecule is Clc1nc(-c2cc3c(s2)CCSC3)nc2c(Br)cccc12. The van der Waals surface area contributed by atoms with Gasteiger partial charge in [-0.15, -0.1) is 11.3 Å². The molecule has 0 bridgehead atoms. The fourth-order valence-corrected chi connectivity index (χ4v) is 5.44. The highest BCUT2D eigenvalue weighted by Gasteiger charge is 2.17. The minimum atomic E-state index is 0.511. The largest absolute Gasteiger partial charge is 0.226 e. The van der Waals surface area contributed by atoms with Gasteiger partial charge in [-0.1, -0.05) is 17.7 Å². The van der Waals surface area contributed by atoms with Crippen LogP contribution in [0.2, 0.25) is 5.15 Å². The van der Waals surface area contributed by atoms with E-state index in [1.165, 1.54) is 16.2 Å². The van der Waals surface area contributed by atoms with Crippen LogP contribution in [0.15, 0.2) is 28.7 Å². The zero-order chi connectivity index (χ0) is 14.4. The van der Waals surface area contributed by atoms with Crippen molar-refractivity contribution >= 4 is 61.5 Å². The summed E-state index contributed by atoms with van der Waals surface area (Å²) < 4.78 is 0.947. The van der Waals surface area contributed by atoms with Gasteiger partial charge in [-0.25, -0.2) is 9.97 Å². The van der Waals surface area contributed by atoms with Crippen molar-refractivity contribution in [1.29, 1.82) is 0 Å². The third-order valence-electron chi connectivity index (χ3n) is 3.48. The molecule has 3 aromatic rings. The predicted molar refractivity (Wildman–Crippen MR) is 95.4 cm³/mol. The number of hydrogen-bond donors (Lipinski definition) is 0. The zero-order valence-electron chi connectivity index (χ0n) is 10.9. The lowest BCUT2D eigenvalue weighted by molar-refractivity contribution is 1.13. The molecule has 0 aliphatic carbocycles. The molecular weight excluding hydrogens is 388 g/mol. The molecule has 4 rings (SSSR count). The molecule has 0 radical (unpaired) electrons.